The van der Waals surface area contributed by atoms with Crippen LogP contribution in [0.2, 0.25) is 0 Å². The van der Waals surface area contributed by atoms with Crippen LogP contribution in [0.3, 0.4) is 0 Å². The molecule has 1 aromatic heterocycles. The molecule has 0 aliphatic carbocycles. The van der Waals surface area contributed by atoms with Gasteiger partial charge in [0.05, 0.1) is 11.7 Å². The van der Waals surface area contributed by atoms with E-state index in [2.05, 4.69) is 31.5 Å². The van der Waals surface area contributed by atoms with Crippen molar-refractivity contribution in [3.63, 3.8) is 0 Å². The standard InChI is InChI=1S/C14H14BrN3OS/c15-10-5-3-9(4-6-10)13(19)18-14-17-12(8-20-14)11-2-1-7-16-11/h3-6,8,11,16H,1-2,7H2,(H,17,18,19)/t11-/m1/s1. The third-order valence-electron chi connectivity index (χ3n) is 3.27. The van der Waals surface area contributed by atoms with Gasteiger partial charge in [0, 0.05) is 15.4 Å². The van der Waals surface area contributed by atoms with Gasteiger partial charge < -0.3 is 5.32 Å². The van der Waals surface area contributed by atoms with Gasteiger partial charge in [-0.3, -0.25) is 10.1 Å². The van der Waals surface area contributed by atoms with E-state index < -0.39 is 0 Å². The summed E-state index contributed by atoms with van der Waals surface area (Å²) in [5.74, 6) is -0.127. The highest BCUT2D eigenvalue weighted by Gasteiger charge is 2.19. The van der Waals surface area contributed by atoms with E-state index in [1.165, 1.54) is 17.8 Å². The van der Waals surface area contributed by atoms with E-state index >= 15 is 0 Å². The third kappa shape index (κ3) is 3.08. The van der Waals surface area contributed by atoms with Crippen molar-refractivity contribution >= 4 is 38.3 Å². The first-order valence-corrected chi connectivity index (χ1v) is 8.15. The van der Waals surface area contributed by atoms with Crippen LogP contribution in [0.4, 0.5) is 5.13 Å². The van der Waals surface area contributed by atoms with Crippen LogP contribution in [0.1, 0.15) is 34.9 Å². The number of hydrogen-bond acceptors (Lipinski definition) is 4. The van der Waals surface area contributed by atoms with Crippen molar-refractivity contribution in [2.24, 2.45) is 0 Å². The Bertz CT molecular complexity index is 605. The summed E-state index contributed by atoms with van der Waals surface area (Å²) in [5, 5.41) is 8.92. The molecule has 4 nitrogen and oxygen atoms in total. The average Bonchev–Trinajstić information content (AvgIpc) is 3.09. The first-order chi connectivity index (χ1) is 9.72. The largest absolute Gasteiger partial charge is 0.309 e. The molecule has 0 saturated carbocycles. The van der Waals surface area contributed by atoms with Crippen LogP contribution in [0, 0.1) is 0 Å². The number of hydrogen-bond donors (Lipinski definition) is 2. The van der Waals surface area contributed by atoms with E-state index in [0.717, 1.165) is 23.1 Å². The van der Waals surface area contributed by atoms with Crippen molar-refractivity contribution in [1.82, 2.24) is 10.3 Å². The number of carbonyl (C=O) groups excluding carboxylic acids is 1. The number of halogens is 1. The summed E-state index contributed by atoms with van der Waals surface area (Å²) in [6.45, 7) is 1.04. The van der Waals surface area contributed by atoms with Crippen LogP contribution >= 0.6 is 27.3 Å². The second kappa shape index (κ2) is 6.03. The van der Waals surface area contributed by atoms with E-state index in [0.29, 0.717) is 16.7 Å². The van der Waals surface area contributed by atoms with Gasteiger partial charge >= 0.3 is 0 Å². The number of aromatic nitrogens is 1. The predicted octanol–water partition coefficient (Wildman–Crippen LogP) is 3.58. The fourth-order valence-corrected chi connectivity index (χ4v) is 3.23. The van der Waals surface area contributed by atoms with Crippen molar-refractivity contribution in [1.29, 1.82) is 0 Å². The quantitative estimate of drug-likeness (QED) is 0.888. The second-order valence-electron chi connectivity index (χ2n) is 4.69. The summed E-state index contributed by atoms with van der Waals surface area (Å²) in [6.07, 6.45) is 2.30. The van der Waals surface area contributed by atoms with Gasteiger partial charge in [-0.1, -0.05) is 15.9 Å². The molecule has 2 aromatic rings. The van der Waals surface area contributed by atoms with Gasteiger partial charge in [-0.25, -0.2) is 4.98 Å². The first kappa shape index (κ1) is 13.7. The molecule has 2 N–H and O–H groups in total. The number of benzene rings is 1. The molecule has 1 aliphatic rings. The Hall–Kier alpha value is -1.24. The Balaban J connectivity index is 1.68. The van der Waals surface area contributed by atoms with Gasteiger partial charge in [0.15, 0.2) is 5.13 Å². The van der Waals surface area contributed by atoms with Crippen LogP contribution in [0.25, 0.3) is 0 Å². The molecular formula is C14H14BrN3OS. The third-order valence-corrected chi connectivity index (χ3v) is 4.57. The zero-order valence-corrected chi connectivity index (χ0v) is 13.1. The number of carbonyl (C=O) groups is 1. The number of anilines is 1. The summed E-state index contributed by atoms with van der Waals surface area (Å²) >= 11 is 4.82. The summed E-state index contributed by atoms with van der Waals surface area (Å²) < 4.78 is 0.956. The van der Waals surface area contributed by atoms with Crippen molar-refractivity contribution in [2.75, 3.05) is 11.9 Å². The molecule has 0 spiro atoms. The van der Waals surface area contributed by atoms with Gasteiger partial charge in [0.2, 0.25) is 0 Å². The number of nitrogens with one attached hydrogen (secondary N) is 2. The smallest absolute Gasteiger partial charge is 0.257 e. The minimum absolute atomic E-state index is 0.127. The molecule has 1 aromatic carbocycles. The Morgan fingerprint density at radius 1 is 1.40 bits per heavy atom. The molecule has 20 heavy (non-hydrogen) atoms. The monoisotopic (exact) mass is 351 g/mol. The summed E-state index contributed by atoms with van der Waals surface area (Å²) in [6, 6.07) is 7.61. The zero-order chi connectivity index (χ0) is 13.9. The molecule has 0 unspecified atom stereocenters. The van der Waals surface area contributed by atoms with Crippen LogP contribution in [-0.2, 0) is 0 Å². The molecular weight excluding hydrogens is 338 g/mol. The minimum atomic E-state index is -0.127. The van der Waals surface area contributed by atoms with Gasteiger partial charge in [-0.15, -0.1) is 11.3 Å². The van der Waals surface area contributed by atoms with Crippen LogP contribution < -0.4 is 10.6 Å². The Morgan fingerprint density at radius 2 is 2.20 bits per heavy atom. The van der Waals surface area contributed by atoms with Gasteiger partial charge in [0.25, 0.3) is 5.91 Å². The van der Waals surface area contributed by atoms with Crippen LogP contribution in [0.15, 0.2) is 34.1 Å². The molecule has 104 valence electrons. The molecule has 3 rings (SSSR count). The highest BCUT2D eigenvalue weighted by molar-refractivity contribution is 9.10. The van der Waals surface area contributed by atoms with Gasteiger partial charge in [-0.05, 0) is 43.7 Å². The normalized spacial score (nSPS) is 18.1. The molecule has 0 radical (unpaired) electrons. The Morgan fingerprint density at radius 3 is 2.90 bits per heavy atom. The van der Waals surface area contributed by atoms with Crippen molar-refractivity contribution in [3.05, 3.63) is 45.4 Å². The lowest BCUT2D eigenvalue weighted by Gasteiger charge is -2.05. The maximum atomic E-state index is 12.1. The van der Waals surface area contributed by atoms with E-state index in [1.54, 1.807) is 12.1 Å². The second-order valence-corrected chi connectivity index (χ2v) is 6.46. The SMILES string of the molecule is O=C(Nc1nc([C@H]2CCCN2)cs1)c1ccc(Br)cc1. The van der Waals surface area contributed by atoms with E-state index in [1.807, 2.05) is 17.5 Å². The molecule has 1 fully saturated rings. The average molecular weight is 352 g/mol. The van der Waals surface area contributed by atoms with Gasteiger partial charge in [0.1, 0.15) is 0 Å². The fraction of sp³-hybridized carbons (Fsp3) is 0.286. The summed E-state index contributed by atoms with van der Waals surface area (Å²) in [7, 11) is 0. The van der Waals surface area contributed by atoms with Crippen molar-refractivity contribution in [2.45, 2.75) is 18.9 Å². The maximum Gasteiger partial charge on any atom is 0.257 e. The lowest BCUT2D eigenvalue weighted by atomic mass is 10.2. The Kier molecular flexibility index (Phi) is 4.14. The molecule has 0 bridgehead atoms. The van der Waals surface area contributed by atoms with Crippen LogP contribution in [-0.4, -0.2) is 17.4 Å². The molecule has 2 heterocycles. The summed E-state index contributed by atoms with van der Waals surface area (Å²) in [4.78, 5) is 16.6. The van der Waals surface area contributed by atoms with E-state index in [4.69, 9.17) is 0 Å². The number of rotatable bonds is 3. The fourth-order valence-electron chi connectivity index (χ4n) is 2.21. The first-order valence-electron chi connectivity index (χ1n) is 6.48. The lowest BCUT2D eigenvalue weighted by molar-refractivity contribution is 0.102. The number of thiazole rings is 1. The molecule has 6 heteroatoms. The Labute approximate surface area is 129 Å². The molecule has 1 atom stereocenters. The minimum Gasteiger partial charge on any atom is -0.309 e. The van der Waals surface area contributed by atoms with Gasteiger partial charge in [-0.2, -0.15) is 0 Å². The highest BCUT2D eigenvalue weighted by atomic mass is 79.9. The highest BCUT2D eigenvalue weighted by Crippen LogP contribution is 2.26. The maximum absolute atomic E-state index is 12.1. The van der Waals surface area contributed by atoms with Crippen molar-refractivity contribution < 1.29 is 4.79 Å². The summed E-state index contributed by atoms with van der Waals surface area (Å²) in [5.41, 5.74) is 1.66. The van der Waals surface area contributed by atoms with Crippen LogP contribution in [0.5, 0.6) is 0 Å². The lowest BCUT2D eigenvalue weighted by Crippen LogP contribution is -2.14. The number of amides is 1. The molecule has 1 saturated heterocycles. The predicted molar refractivity (Wildman–Crippen MR) is 84.2 cm³/mol. The molecule has 1 aliphatic heterocycles. The zero-order valence-electron chi connectivity index (χ0n) is 10.7. The van der Waals surface area contributed by atoms with E-state index in [-0.39, 0.29) is 5.91 Å². The molecule has 1 amide bonds. The number of nitrogens with zero attached hydrogens (tertiary/aromatic N) is 1. The van der Waals surface area contributed by atoms with E-state index in [9.17, 15) is 4.79 Å². The topological polar surface area (TPSA) is 54.0 Å². The van der Waals surface area contributed by atoms with Crippen molar-refractivity contribution in [3.8, 4) is 0 Å².